The van der Waals surface area contributed by atoms with Crippen LogP contribution in [0.4, 0.5) is 0 Å². The summed E-state index contributed by atoms with van der Waals surface area (Å²) >= 11 is 11.5. The van der Waals surface area contributed by atoms with Gasteiger partial charge >= 0.3 is 0 Å². The van der Waals surface area contributed by atoms with Crippen molar-refractivity contribution in [3.8, 4) is 11.5 Å². The zero-order valence-electron chi connectivity index (χ0n) is 8.79. The molecule has 17 heavy (non-hydrogen) atoms. The molecule has 0 bridgehead atoms. The number of benzene rings is 2. The van der Waals surface area contributed by atoms with Crippen molar-refractivity contribution in [2.75, 3.05) is 0 Å². The lowest BCUT2D eigenvalue weighted by atomic mass is 10.2. The number of hydrogen-bond donors (Lipinski definition) is 0. The normalized spacial score (nSPS) is 10.3. The summed E-state index contributed by atoms with van der Waals surface area (Å²) in [5.41, 5.74) is 1.06. The van der Waals surface area contributed by atoms with Gasteiger partial charge in [0, 0.05) is 13.9 Å². The van der Waals surface area contributed by atoms with Crippen molar-refractivity contribution in [3.05, 3.63) is 56.1 Å². The molecule has 0 aliphatic heterocycles. The summed E-state index contributed by atoms with van der Waals surface area (Å²) in [6.45, 7) is 0. The van der Waals surface area contributed by atoms with E-state index in [1.54, 1.807) is 0 Å². The molecule has 88 valence electrons. The van der Waals surface area contributed by atoms with E-state index in [1.165, 1.54) is 0 Å². The monoisotopic (exact) mass is 422 g/mol. The molecule has 0 radical (unpaired) electrons. The van der Waals surface area contributed by atoms with Crippen LogP contribution >= 0.6 is 50.1 Å². The second-order valence-corrected chi connectivity index (χ2v) is 5.81. The van der Waals surface area contributed by atoms with Crippen LogP contribution in [-0.4, -0.2) is 0 Å². The highest BCUT2D eigenvalue weighted by Crippen LogP contribution is 2.28. The second-order valence-electron chi connectivity index (χ2n) is 3.45. The molecule has 0 aromatic heterocycles. The number of ether oxygens (including phenoxy) is 1. The molecule has 0 unspecified atom stereocenters. The molecule has 0 saturated heterocycles. The van der Waals surface area contributed by atoms with Gasteiger partial charge in [-0.1, -0.05) is 28.1 Å². The van der Waals surface area contributed by atoms with Crippen LogP contribution in [0.1, 0.15) is 5.56 Å². The van der Waals surface area contributed by atoms with E-state index in [9.17, 15) is 0 Å². The predicted molar refractivity (Wildman–Crippen MR) is 82.9 cm³/mol. The van der Waals surface area contributed by atoms with Crippen LogP contribution in [0.25, 0.3) is 0 Å². The largest absolute Gasteiger partial charge is 0.457 e. The number of hydrogen-bond acceptors (Lipinski definition) is 1. The van der Waals surface area contributed by atoms with E-state index < -0.39 is 0 Å². The molecule has 0 aliphatic rings. The Morgan fingerprint density at radius 2 is 1.88 bits per heavy atom. The molecule has 2 aromatic carbocycles. The number of alkyl halides is 1. The molecule has 0 fully saturated rings. The van der Waals surface area contributed by atoms with Gasteiger partial charge in [-0.15, -0.1) is 11.6 Å². The van der Waals surface area contributed by atoms with Crippen LogP contribution in [0.2, 0.25) is 0 Å². The molecule has 0 aliphatic carbocycles. The second kappa shape index (κ2) is 6.07. The highest BCUT2D eigenvalue weighted by atomic mass is 127. The first-order chi connectivity index (χ1) is 8.19. The molecule has 2 aromatic rings. The van der Waals surface area contributed by atoms with Crippen molar-refractivity contribution >= 4 is 50.1 Å². The first-order valence-corrected chi connectivity index (χ1v) is 7.37. The third-order valence-corrected chi connectivity index (χ3v) is 3.90. The molecule has 0 N–H and O–H groups in total. The summed E-state index contributed by atoms with van der Waals surface area (Å²) in [5, 5.41) is 0. The van der Waals surface area contributed by atoms with Gasteiger partial charge in [0.25, 0.3) is 0 Å². The van der Waals surface area contributed by atoms with E-state index in [0.717, 1.165) is 25.1 Å². The predicted octanol–water partition coefficient (Wildman–Crippen LogP) is 5.58. The van der Waals surface area contributed by atoms with Crippen molar-refractivity contribution in [2.45, 2.75) is 5.88 Å². The van der Waals surface area contributed by atoms with Crippen molar-refractivity contribution in [3.63, 3.8) is 0 Å². The summed E-state index contributed by atoms with van der Waals surface area (Å²) in [6, 6.07) is 13.7. The van der Waals surface area contributed by atoms with Gasteiger partial charge in [0.15, 0.2) is 0 Å². The fourth-order valence-electron chi connectivity index (χ4n) is 1.37. The minimum Gasteiger partial charge on any atom is -0.457 e. The molecule has 4 heteroatoms. The molecular formula is C13H9BrClIO. The molecule has 0 heterocycles. The fourth-order valence-corrected chi connectivity index (χ4v) is 2.77. The minimum atomic E-state index is 0.490. The van der Waals surface area contributed by atoms with Crippen LogP contribution in [-0.2, 0) is 5.88 Å². The SMILES string of the molecule is ClCc1ccc(Oc2cccc(I)c2)cc1Br. The highest BCUT2D eigenvalue weighted by Gasteiger charge is 2.02. The summed E-state index contributed by atoms with van der Waals surface area (Å²) in [6.07, 6.45) is 0. The average Bonchev–Trinajstić information content (AvgIpc) is 2.29. The molecular weight excluding hydrogens is 414 g/mol. The highest BCUT2D eigenvalue weighted by molar-refractivity contribution is 14.1. The van der Waals surface area contributed by atoms with Crippen molar-refractivity contribution in [1.82, 2.24) is 0 Å². The maximum absolute atomic E-state index is 5.79. The van der Waals surface area contributed by atoms with Gasteiger partial charge in [-0.05, 0) is 58.5 Å². The van der Waals surface area contributed by atoms with Gasteiger partial charge in [-0.3, -0.25) is 0 Å². The third kappa shape index (κ3) is 3.60. The molecule has 0 spiro atoms. The Morgan fingerprint density at radius 1 is 1.12 bits per heavy atom. The van der Waals surface area contributed by atoms with Gasteiger partial charge in [-0.25, -0.2) is 0 Å². The molecule has 2 rings (SSSR count). The van der Waals surface area contributed by atoms with Gasteiger partial charge in [0.05, 0.1) is 0 Å². The summed E-state index contributed by atoms with van der Waals surface area (Å²) in [4.78, 5) is 0. The lowest BCUT2D eigenvalue weighted by molar-refractivity contribution is 0.482. The van der Waals surface area contributed by atoms with Crippen LogP contribution < -0.4 is 4.74 Å². The average molecular weight is 423 g/mol. The van der Waals surface area contributed by atoms with Crippen LogP contribution in [0.3, 0.4) is 0 Å². The zero-order valence-corrected chi connectivity index (χ0v) is 13.3. The minimum absolute atomic E-state index is 0.490. The fraction of sp³-hybridized carbons (Fsp3) is 0.0769. The van der Waals surface area contributed by atoms with Gasteiger partial charge in [0.2, 0.25) is 0 Å². The zero-order chi connectivity index (χ0) is 12.3. The molecule has 0 saturated carbocycles. The van der Waals surface area contributed by atoms with E-state index in [1.807, 2.05) is 42.5 Å². The van der Waals surface area contributed by atoms with E-state index in [0.29, 0.717) is 5.88 Å². The smallest absolute Gasteiger partial charge is 0.128 e. The van der Waals surface area contributed by atoms with Crippen LogP contribution in [0, 0.1) is 3.57 Å². The lowest BCUT2D eigenvalue weighted by Crippen LogP contribution is -1.87. The Morgan fingerprint density at radius 3 is 2.53 bits per heavy atom. The topological polar surface area (TPSA) is 9.23 Å². The van der Waals surface area contributed by atoms with Gasteiger partial charge in [-0.2, -0.15) is 0 Å². The Bertz CT molecular complexity index is 531. The lowest BCUT2D eigenvalue weighted by Gasteiger charge is -2.08. The van der Waals surface area contributed by atoms with Crippen molar-refractivity contribution < 1.29 is 4.74 Å². The van der Waals surface area contributed by atoms with Crippen LogP contribution in [0.15, 0.2) is 46.9 Å². The summed E-state index contributed by atoms with van der Waals surface area (Å²) in [5.74, 6) is 2.12. The summed E-state index contributed by atoms with van der Waals surface area (Å²) < 4.78 is 7.88. The number of halogens is 3. The Kier molecular flexibility index (Phi) is 4.70. The quantitative estimate of drug-likeness (QED) is 0.462. The van der Waals surface area contributed by atoms with E-state index in [-0.39, 0.29) is 0 Å². The number of rotatable bonds is 3. The van der Waals surface area contributed by atoms with Gasteiger partial charge in [0.1, 0.15) is 11.5 Å². The third-order valence-electron chi connectivity index (χ3n) is 2.20. The standard InChI is InChI=1S/C13H9BrClIO/c14-13-7-12(5-4-9(13)8-15)17-11-3-1-2-10(16)6-11/h1-7H,8H2. The maximum atomic E-state index is 5.79. The van der Waals surface area contributed by atoms with Crippen LogP contribution in [0.5, 0.6) is 11.5 Å². The Balaban J connectivity index is 2.22. The van der Waals surface area contributed by atoms with E-state index in [4.69, 9.17) is 16.3 Å². The van der Waals surface area contributed by atoms with Crippen molar-refractivity contribution in [1.29, 1.82) is 0 Å². The van der Waals surface area contributed by atoms with E-state index >= 15 is 0 Å². The summed E-state index contributed by atoms with van der Waals surface area (Å²) in [7, 11) is 0. The first-order valence-electron chi connectivity index (χ1n) is 4.97. The van der Waals surface area contributed by atoms with E-state index in [2.05, 4.69) is 38.5 Å². The molecule has 1 nitrogen and oxygen atoms in total. The molecule has 0 atom stereocenters. The van der Waals surface area contributed by atoms with Crippen molar-refractivity contribution in [2.24, 2.45) is 0 Å². The first kappa shape index (κ1) is 13.2. The van der Waals surface area contributed by atoms with Gasteiger partial charge < -0.3 is 4.74 Å². The molecule has 0 amide bonds. The Labute approximate surface area is 127 Å². The Hall–Kier alpha value is -0.260. The maximum Gasteiger partial charge on any atom is 0.128 e.